The molecule has 0 bridgehead atoms. The quantitative estimate of drug-likeness (QED) is 0.170. The third-order valence-corrected chi connectivity index (χ3v) is 9.49. The van der Waals surface area contributed by atoms with Crippen molar-refractivity contribution in [3.8, 4) is 67.2 Å². The fourth-order valence-corrected chi connectivity index (χ4v) is 6.97. The molecule has 2 heteroatoms. The largest absolute Gasteiger partial charge is 0.256 e. The predicted molar refractivity (Wildman–Crippen MR) is 210 cm³/mol. The Morgan fingerprint density at radius 1 is 0.280 bits per heavy atom. The SMILES string of the molecule is c1ccc(-c2ccc(-c3cc(-c4cc(-c5ccccc5)nc(-c5ccccc5)c4)cc(-c4cccc5c4ccc4ccccc45)c3)nc2)cc1. The molecule has 2 aromatic heterocycles. The number of hydrogen-bond acceptors (Lipinski definition) is 2. The first-order valence-electron chi connectivity index (χ1n) is 17.0. The predicted octanol–water partition coefficient (Wildman–Crippen LogP) is 12.8. The van der Waals surface area contributed by atoms with Crippen molar-refractivity contribution in [3.63, 3.8) is 0 Å². The monoisotopic (exact) mass is 636 g/mol. The molecule has 0 spiro atoms. The lowest BCUT2D eigenvalue weighted by Gasteiger charge is -2.15. The molecule has 9 aromatic rings. The summed E-state index contributed by atoms with van der Waals surface area (Å²) in [6, 6.07) is 66.7. The first-order valence-corrected chi connectivity index (χ1v) is 17.0. The van der Waals surface area contributed by atoms with E-state index in [1.807, 2.05) is 24.4 Å². The molecule has 9 rings (SSSR count). The summed E-state index contributed by atoms with van der Waals surface area (Å²) >= 11 is 0. The minimum absolute atomic E-state index is 0.930. The van der Waals surface area contributed by atoms with Crippen LogP contribution in [0.4, 0.5) is 0 Å². The number of pyridine rings is 2. The van der Waals surface area contributed by atoms with Crippen LogP contribution in [0.25, 0.3) is 88.7 Å². The fraction of sp³-hybridized carbons (Fsp3) is 0. The second-order valence-electron chi connectivity index (χ2n) is 12.6. The van der Waals surface area contributed by atoms with Crippen LogP contribution < -0.4 is 0 Å². The normalized spacial score (nSPS) is 11.2. The van der Waals surface area contributed by atoms with Gasteiger partial charge in [0.1, 0.15) is 0 Å². The van der Waals surface area contributed by atoms with E-state index in [1.54, 1.807) is 0 Å². The van der Waals surface area contributed by atoms with Crippen molar-refractivity contribution in [3.05, 3.63) is 194 Å². The lowest BCUT2D eigenvalue weighted by molar-refractivity contribution is 1.32. The van der Waals surface area contributed by atoms with Crippen LogP contribution in [0.2, 0.25) is 0 Å². The standard InChI is InChI=1S/C48H32N2/c1-4-13-33(14-5-1)37-24-26-46(49-32-37)41-28-38(27-40(29-41)43-21-12-22-44-42-20-11-10-15-34(42)23-25-45(43)44)39-30-47(35-16-6-2-7-17-35)50-48(31-39)36-18-8-3-9-19-36/h1-32H. The maximum Gasteiger partial charge on any atom is 0.0715 e. The zero-order chi connectivity index (χ0) is 33.3. The average Bonchev–Trinajstić information content (AvgIpc) is 3.21. The van der Waals surface area contributed by atoms with Crippen molar-refractivity contribution in [1.82, 2.24) is 9.97 Å². The lowest BCUT2D eigenvalue weighted by atomic mass is 9.90. The van der Waals surface area contributed by atoms with Gasteiger partial charge in [-0.15, -0.1) is 0 Å². The van der Waals surface area contributed by atoms with Gasteiger partial charge in [-0.3, -0.25) is 4.98 Å². The van der Waals surface area contributed by atoms with Crippen LogP contribution >= 0.6 is 0 Å². The van der Waals surface area contributed by atoms with Crippen molar-refractivity contribution >= 4 is 21.5 Å². The smallest absolute Gasteiger partial charge is 0.0715 e. The molecule has 0 aliphatic rings. The average molecular weight is 637 g/mol. The molecule has 0 amide bonds. The molecule has 0 atom stereocenters. The maximum absolute atomic E-state index is 5.16. The molecule has 0 saturated heterocycles. The van der Waals surface area contributed by atoms with E-state index in [0.29, 0.717) is 0 Å². The van der Waals surface area contributed by atoms with Crippen molar-refractivity contribution < 1.29 is 0 Å². The van der Waals surface area contributed by atoms with E-state index in [-0.39, 0.29) is 0 Å². The van der Waals surface area contributed by atoms with Gasteiger partial charge in [0.25, 0.3) is 0 Å². The van der Waals surface area contributed by atoms with Crippen LogP contribution in [0.5, 0.6) is 0 Å². The van der Waals surface area contributed by atoms with E-state index < -0.39 is 0 Å². The number of fused-ring (bicyclic) bond motifs is 3. The molecule has 0 saturated carbocycles. The highest BCUT2D eigenvalue weighted by molar-refractivity contribution is 6.12. The number of nitrogens with zero attached hydrogens (tertiary/aromatic N) is 2. The molecule has 0 N–H and O–H groups in total. The van der Waals surface area contributed by atoms with E-state index in [1.165, 1.54) is 27.1 Å². The van der Waals surface area contributed by atoms with E-state index in [4.69, 9.17) is 9.97 Å². The molecule has 0 aliphatic carbocycles. The minimum atomic E-state index is 0.930. The summed E-state index contributed by atoms with van der Waals surface area (Å²) in [6.07, 6.45) is 1.98. The van der Waals surface area contributed by atoms with E-state index in [0.717, 1.165) is 61.6 Å². The van der Waals surface area contributed by atoms with Gasteiger partial charge in [-0.2, -0.15) is 0 Å². The summed E-state index contributed by atoms with van der Waals surface area (Å²) in [4.78, 5) is 10.2. The van der Waals surface area contributed by atoms with Crippen molar-refractivity contribution in [2.45, 2.75) is 0 Å². The summed E-state index contributed by atoms with van der Waals surface area (Å²) in [6.45, 7) is 0. The van der Waals surface area contributed by atoms with Crippen LogP contribution in [0.1, 0.15) is 0 Å². The Morgan fingerprint density at radius 3 is 1.54 bits per heavy atom. The second-order valence-corrected chi connectivity index (χ2v) is 12.6. The molecule has 0 radical (unpaired) electrons. The Labute approximate surface area is 292 Å². The van der Waals surface area contributed by atoms with Crippen LogP contribution in [0.15, 0.2) is 194 Å². The Balaban J connectivity index is 1.27. The topological polar surface area (TPSA) is 25.8 Å². The Bertz CT molecular complexity index is 2550. The van der Waals surface area contributed by atoms with Gasteiger partial charge in [-0.05, 0) is 85.8 Å². The van der Waals surface area contributed by atoms with Gasteiger partial charge >= 0.3 is 0 Å². The first kappa shape index (κ1) is 29.5. The number of hydrogen-bond donors (Lipinski definition) is 0. The molecule has 234 valence electrons. The second kappa shape index (κ2) is 12.8. The molecular weight excluding hydrogens is 605 g/mol. The van der Waals surface area contributed by atoms with Crippen molar-refractivity contribution in [2.24, 2.45) is 0 Å². The molecular formula is C48H32N2. The molecule has 2 nitrogen and oxygen atoms in total. The molecule has 0 fully saturated rings. The first-order chi connectivity index (χ1) is 24.8. The Morgan fingerprint density at radius 2 is 0.860 bits per heavy atom. The zero-order valence-electron chi connectivity index (χ0n) is 27.4. The van der Waals surface area contributed by atoms with E-state index in [9.17, 15) is 0 Å². The van der Waals surface area contributed by atoms with Crippen LogP contribution in [0.3, 0.4) is 0 Å². The summed E-state index contributed by atoms with van der Waals surface area (Å²) in [5.41, 5.74) is 12.9. The number of aromatic nitrogens is 2. The van der Waals surface area contributed by atoms with Gasteiger partial charge in [-0.1, -0.05) is 152 Å². The van der Waals surface area contributed by atoms with E-state index in [2.05, 4.69) is 170 Å². The summed E-state index contributed by atoms with van der Waals surface area (Å²) in [7, 11) is 0. The van der Waals surface area contributed by atoms with Gasteiger partial charge in [0, 0.05) is 28.5 Å². The van der Waals surface area contributed by atoms with Crippen LogP contribution in [0, 0.1) is 0 Å². The molecule has 7 aromatic carbocycles. The van der Waals surface area contributed by atoms with Crippen molar-refractivity contribution in [2.75, 3.05) is 0 Å². The molecule has 0 unspecified atom stereocenters. The number of benzene rings is 7. The lowest BCUT2D eigenvalue weighted by Crippen LogP contribution is -1.93. The minimum Gasteiger partial charge on any atom is -0.256 e. The van der Waals surface area contributed by atoms with Crippen LogP contribution in [-0.4, -0.2) is 9.97 Å². The third kappa shape index (κ3) is 5.63. The Hall–Kier alpha value is -6.64. The van der Waals surface area contributed by atoms with E-state index >= 15 is 0 Å². The highest BCUT2D eigenvalue weighted by atomic mass is 14.7. The third-order valence-electron chi connectivity index (χ3n) is 9.49. The van der Waals surface area contributed by atoms with Gasteiger partial charge < -0.3 is 0 Å². The maximum atomic E-state index is 5.16. The fourth-order valence-electron chi connectivity index (χ4n) is 6.97. The zero-order valence-corrected chi connectivity index (χ0v) is 27.4. The van der Waals surface area contributed by atoms with Crippen LogP contribution in [-0.2, 0) is 0 Å². The highest BCUT2D eigenvalue weighted by Crippen LogP contribution is 2.39. The van der Waals surface area contributed by atoms with Gasteiger partial charge in [0.05, 0.1) is 17.1 Å². The van der Waals surface area contributed by atoms with Crippen molar-refractivity contribution in [1.29, 1.82) is 0 Å². The summed E-state index contributed by atoms with van der Waals surface area (Å²) < 4.78 is 0. The van der Waals surface area contributed by atoms with Gasteiger partial charge in [-0.25, -0.2) is 4.98 Å². The van der Waals surface area contributed by atoms with Gasteiger partial charge in [0.2, 0.25) is 0 Å². The van der Waals surface area contributed by atoms with Gasteiger partial charge in [0.15, 0.2) is 0 Å². The molecule has 2 heterocycles. The molecule has 50 heavy (non-hydrogen) atoms. The molecule has 0 aliphatic heterocycles. The highest BCUT2D eigenvalue weighted by Gasteiger charge is 2.15. The summed E-state index contributed by atoms with van der Waals surface area (Å²) in [5, 5.41) is 4.98. The Kier molecular flexibility index (Phi) is 7.53. The summed E-state index contributed by atoms with van der Waals surface area (Å²) in [5.74, 6) is 0. The number of rotatable bonds is 6.